The second kappa shape index (κ2) is 8.84. The minimum Gasteiger partial charge on any atom is -0.352 e. The van der Waals surface area contributed by atoms with Crippen LogP contribution in [0.3, 0.4) is 0 Å². The van der Waals surface area contributed by atoms with E-state index in [-0.39, 0.29) is 30.4 Å². The van der Waals surface area contributed by atoms with Crippen molar-refractivity contribution < 1.29 is 9.59 Å². The van der Waals surface area contributed by atoms with Gasteiger partial charge in [-0.25, -0.2) is 4.99 Å². The van der Waals surface area contributed by atoms with Crippen molar-refractivity contribution in [1.82, 2.24) is 20.4 Å². The first-order valence-corrected chi connectivity index (χ1v) is 9.29. The number of aliphatic imine (C=N–C) groups is 1. The lowest BCUT2D eigenvalue weighted by Crippen LogP contribution is -2.52. The molecule has 7 nitrogen and oxygen atoms in total. The first-order valence-electron chi connectivity index (χ1n) is 8.42. The minimum atomic E-state index is -0.0548. The van der Waals surface area contributed by atoms with E-state index in [1.807, 2.05) is 18.5 Å². The Balaban J connectivity index is 2.04. The van der Waals surface area contributed by atoms with E-state index in [2.05, 4.69) is 28.6 Å². The van der Waals surface area contributed by atoms with Crippen molar-refractivity contribution in [3.8, 4) is 0 Å². The fourth-order valence-electron chi connectivity index (χ4n) is 2.56. The van der Waals surface area contributed by atoms with E-state index in [1.54, 1.807) is 30.3 Å². The molecule has 0 aliphatic carbocycles. The topological polar surface area (TPSA) is 77.0 Å². The molecular weight excluding hydrogens is 338 g/mol. The third kappa shape index (κ3) is 5.74. The molecular formula is C17H27N5O2S. The number of nitrogens with one attached hydrogen (secondary N) is 2. The molecule has 1 fully saturated rings. The van der Waals surface area contributed by atoms with Gasteiger partial charge in [-0.2, -0.15) is 0 Å². The summed E-state index contributed by atoms with van der Waals surface area (Å²) in [6, 6.07) is 4.29. The number of amides is 2. The van der Waals surface area contributed by atoms with Crippen LogP contribution in [0.5, 0.6) is 0 Å². The molecule has 2 atom stereocenters. The molecule has 2 N–H and O–H groups in total. The van der Waals surface area contributed by atoms with Crippen LogP contribution in [0, 0.1) is 0 Å². The summed E-state index contributed by atoms with van der Waals surface area (Å²) < 4.78 is 0. The molecule has 2 heterocycles. The van der Waals surface area contributed by atoms with Crippen molar-refractivity contribution in [2.45, 2.75) is 31.8 Å². The van der Waals surface area contributed by atoms with Gasteiger partial charge in [-0.05, 0) is 24.8 Å². The third-order valence-corrected chi connectivity index (χ3v) is 5.22. The quantitative estimate of drug-likeness (QED) is 0.604. The van der Waals surface area contributed by atoms with Crippen molar-refractivity contribution >= 4 is 29.1 Å². The zero-order valence-electron chi connectivity index (χ0n) is 15.3. The highest BCUT2D eigenvalue weighted by molar-refractivity contribution is 7.10. The number of carbonyl (C=O) groups excluding carboxylic acids is 2. The van der Waals surface area contributed by atoms with Crippen molar-refractivity contribution in [3.63, 3.8) is 0 Å². The van der Waals surface area contributed by atoms with Gasteiger partial charge in [0.05, 0.1) is 6.04 Å². The number of carbonyl (C=O) groups is 2. The highest BCUT2D eigenvalue weighted by Crippen LogP contribution is 2.18. The first kappa shape index (κ1) is 19.2. The lowest BCUT2D eigenvalue weighted by atomic mass is 10.1. The second-order valence-electron chi connectivity index (χ2n) is 6.49. The van der Waals surface area contributed by atoms with Gasteiger partial charge in [-0.15, -0.1) is 11.3 Å². The number of hydrogen-bond donors (Lipinski definition) is 2. The molecule has 0 bridgehead atoms. The van der Waals surface area contributed by atoms with E-state index < -0.39 is 0 Å². The van der Waals surface area contributed by atoms with Crippen molar-refractivity contribution in [3.05, 3.63) is 22.4 Å². The summed E-state index contributed by atoms with van der Waals surface area (Å²) in [5, 5.41) is 8.77. The van der Waals surface area contributed by atoms with Crippen LogP contribution in [0.1, 0.15) is 30.7 Å². The van der Waals surface area contributed by atoms with Gasteiger partial charge in [0, 0.05) is 45.0 Å². The smallest absolute Gasteiger partial charge is 0.243 e. The van der Waals surface area contributed by atoms with Crippen molar-refractivity contribution in [1.29, 1.82) is 0 Å². The van der Waals surface area contributed by atoms with Crippen molar-refractivity contribution in [2.75, 3.05) is 34.2 Å². The largest absolute Gasteiger partial charge is 0.352 e. The molecule has 1 aromatic rings. The summed E-state index contributed by atoms with van der Waals surface area (Å²) in [6.07, 6.45) is 1.29. The SMILES string of the molecule is CC(NC(=NCC(=O)N(C)C)NC1CCC(=O)N(C)C1)c1cccs1. The molecule has 0 aromatic carbocycles. The molecule has 2 rings (SSSR count). The molecule has 0 radical (unpaired) electrons. The van der Waals surface area contributed by atoms with E-state index in [4.69, 9.17) is 0 Å². The van der Waals surface area contributed by atoms with Gasteiger partial charge in [0.2, 0.25) is 11.8 Å². The summed E-state index contributed by atoms with van der Waals surface area (Å²) in [4.78, 5) is 32.4. The minimum absolute atomic E-state index is 0.0548. The fourth-order valence-corrected chi connectivity index (χ4v) is 3.29. The second-order valence-corrected chi connectivity index (χ2v) is 7.47. The van der Waals surface area contributed by atoms with E-state index in [0.29, 0.717) is 18.9 Å². The Kier molecular flexibility index (Phi) is 6.81. The average molecular weight is 366 g/mol. The van der Waals surface area contributed by atoms with Crippen LogP contribution >= 0.6 is 11.3 Å². The van der Waals surface area contributed by atoms with Crippen LogP contribution in [0.25, 0.3) is 0 Å². The Labute approximate surface area is 153 Å². The molecule has 25 heavy (non-hydrogen) atoms. The van der Waals surface area contributed by atoms with Crippen LogP contribution in [-0.2, 0) is 9.59 Å². The van der Waals surface area contributed by atoms with E-state index >= 15 is 0 Å². The number of rotatable bonds is 5. The van der Waals surface area contributed by atoms with Crippen LogP contribution in [-0.4, -0.2) is 67.8 Å². The van der Waals surface area contributed by atoms with Gasteiger partial charge < -0.3 is 20.4 Å². The molecule has 138 valence electrons. The standard InChI is InChI=1S/C17H27N5O2S/c1-12(14-6-5-9-25-14)19-17(18-10-16(24)21(2)3)20-13-7-8-15(23)22(4)11-13/h5-6,9,12-13H,7-8,10-11H2,1-4H3,(H2,18,19,20). The monoisotopic (exact) mass is 365 g/mol. The Morgan fingerprint density at radius 2 is 2.28 bits per heavy atom. The summed E-state index contributed by atoms with van der Waals surface area (Å²) in [5.41, 5.74) is 0. The van der Waals surface area contributed by atoms with E-state index in [1.165, 1.54) is 9.78 Å². The van der Waals surface area contributed by atoms with E-state index in [0.717, 1.165) is 6.42 Å². The van der Waals surface area contributed by atoms with E-state index in [9.17, 15) is 9.59 Å². The lowest BCUT2D eigenvalue weighted by molar-refractivity contribution is -0.132. The molecule has 2 unspecified atom stereocenters. The van der Waals surface area contributed by atoms with Crippen LogP contribution in [0.15, 0.2) is 22.5 Å². The molecule has 1 aromatic heterocycles. The highest BCUT2D eigenvalue weighted by atomic mass is 32.1. The molecule has 8 heteroatoms. The van der Waals surface area contributed by atoms with Gasteiger partial charge in [0.1, 0.15) is 6.54 Å². The van der Waals surface area contributed by atoms with Crippen molar-refractivity contribution in [2.24, 2.45) is 4.99 Å². The summed E-state index contributed by atoms with van der Waals surface area (Å²) in [7, 11) is 5.24. The summed E-state index contributed by atoms with van der Waals surface area (Å²) in [6.45, 7) is 2.78. The maximum atomic E-state index is 11.9. The zero-order valence-corrected chi connectivity index (χ0v) is 16.1. The first-order chi connectivity index (χ1) is 11.9. The Hall–Kier alpha value is -2.09. The van der Waals surface area contributed by atoms with Gasteiger partial charge >= 0.3 is 0 Å². The zero-order chi connectivity index (χ0) is 18.4. The summed E-state index contributed by atoms with van der Waals surface area (Å²) >= 11 is 1.68. The molecule has 1 aliphatic rings. The van der Waals surface area contributed by atoms with Gasteiger partial charge in [0.15, 0.2) is 5.96 Å². The highest BCUT2D eigenvalue weighted by Gasteiger charge is 2.24. The number of likely N-dealkylation sites (N-methyl/N-ethyl adjacent to an activating group) is 2. The Morgan fingerprint density at radius 3 is 2.88 bits per heavy atom. The molecule has 0 spiro atoms. The van der Waals surface area contributed by atoms with Gasteiger partial charge in [-0.1, -0.05) is 6.07 Å². The maximum absolute atomic E-state index is 11.9. The molecule has 1 aliphatic heterocycles. The number of likely N-dealkylation sites (tertiary alicyclic amines) is 1. The normalized spacial score (nSPS) is 19.5. The lowest BCUT2D eigenvalue weighted by Gasteiger charge is -2.31. The fraction of sp³-hybridized carbons (Fsp3) is 0.588. The third-order valence-electron chi connectivity index (χ3n) is 4.16. The number of nitrogens with zero attached hydrogens (tertiary/aromatic N) is 3. The predicted molar refractivity (Wildman–Crippen MR) is 101 cm³/mol. The number of hydrogen-bond acceptors (Lipinski definition) is 4. The Bertz CT molecular complexity index is 615. The van der Waals surface area contributed by atoms with Crippen LogP contribution < -0.4 is 10.6 Å². The molecule has 2 amide bonds. The number of thiophene rings is 1. The van der Waals surface area contributed by atoms with Crippen LogP contribution in [0.2, 0.25) is 0 Å². The van der Waals surface area contributed by atoms with Crippen LogP contribution in [0.4, 0.5) is 0 Å². The average Bonchev–Trinajstić information content (AvgIpc) is 3.10. The number of guanidine groups is 1. The maximum Gasteiger partial charge on any atom is 0.243 e. The predicted octanol–water partition coefficient (Wildman–Crippen LogP) is 1.05. The van der Waals surface area contributed by atoms with Gasteiger partial charge in [-0.3, -0.25) is 9.59 Å². The molecule has 1 saturated heterocycles. The number of piperidine rings is 1. The molecule has 0 saturated carbocycles. The Morgan fingerprint density at radius 1 is 1.52 bits per heavy atom. The summed E-state index contributed by atoms with van der Waals surface area (Å²) in [5.74, 6) is 0.712. The van der Waals surface area contributed by atoms with Gasteiger partial charge in [0.25, 0.3) is 0 Å².